The van der Waals surface area contributed by atoms with Gasteiger partial charge in [0.15, 0.2) is 0 Å². The largest absolute Gasteiger partial charge is 0.489 e. The maximum atomic E-state index is 13.3. The van der Waals surface area contributed by atoms with Gasteiger partial charge in [0.1, 0.15) is 12.4 Å². The van der Waals surface area contributed by atoms with Gasteiger partial charge in [-0.2, -0.15) is 0 Å². The van der Waals surface area contributed by atoms with Gasteiger partial charge in [-0.1, -0.05) is 96.5 Å². The predicted octanol–water partition coefficient (Wildman–Crippen LogP) is 7.53. The minimum atomic E-state index is -3.67. The number of nitrogens with zero attached hydrogens (tertiary/aromatic N) is 1. The van der Waals surface area contributed by atoms with Crippen molar-refractivity contribution in [1.29, 1.82) is 0 Å². The Labute approximate surface area is 258 Å². The SMILES string of the molecule is O=S(=O)(c1ccc(CCN(Cc2ccccc2)C[C@H](O)c2cccc(Cl)c2)cc1)c1ccc(OCc2ccccc2)cc1. The third-order valence-electron chi connectivity index (χ3n) is 7.25. The van der Waals surface area contributed by atoms with Crippen LogP contribution < -0.4 is 4.74 Å². The molecule has 0 aliphatic heterocycles. The molecule has 0 unspecified atom stereocenters. The average molecular weight is 612 g/mol. The van der Waals surface area contributed by atoms with Crippen LogP contribution in [0.5, 0.6) is 5.75 Å². The van der Waals surface area contributed by atoms with E-state index in [1.165, 1.54) is 0 Å². The van der Waals surface area contributed by atoms with Crippen molar-refractivity contribution in [3.05, 3.63) is 161 Å². The van der Waals surface area contributed by atoms with Gasteiger partial charge in [0.25, 0.3) is 0 Å². The molecule has 0 fully saturated rings. The number of hydrogen-bond acceptors (Lipinski definition) is 5. The van der Waals surface area contributed by atoms with Gasteiger partial charge in [-0.05, 0) is 77.2 Å². The van der Waals surface area contributed by atoms with E-state index >= 15 is 0 Å². The van der Waals surface area contributed by atoms with Crippen LogP contribution in [0.2, 0.25) is 5.02 Å². The average Bonchev–Trinajstić information content (AvgIpc) is 3.04. The fourth-order valence-electron chi connectivity index (χ4n) is 4.85. The van der Waals surface area contributed by atoms with Gasteiger partial charge in [-0.15, -0.1) is 0 Å². The van der Waals surface area contributed by atoms with Crippen LogP contribution in [0.4, 0.5) is 0 Å². The van der Waals surface area contributed by atoms with E-state index < -0.39 is 15.9 Å². The third-order valence-corrected chi connectivity index (χ3v) is 9.27. The molecular weight excluding hydrogens is 578 g/mol. The highest BCUT2D eigenvalue weighted by molar-refractivity contribution is 7.91. The number of ether oxygens (including phenoxy) is 1. The number of aliphatic hydroxyl groups is 1. The monoisotopic (exact) mass is 611 g/mol. The molecule has 7 heteroatoms. The number of halogens is 1. The first-order valence-electron chi connectivity index (χ1n) is 14.2. The van der Waals surface area contributed by atoms with E-state index in [4.69, 9.17) is 16.3 Å². The smallest absolute Gasteiger partial charge is 0.206 e. The topological polar surface area (TPSA) is 66.8 Å². The van der Waals surface area contributed by atoms with Gasteiger partial charge >= 0.3 is 0 Å². The molecule has 0 aromatic heterocycles. The number of aliphatic hydroxyl groups excluding tert-OH is 1. The molecule has 5 aromatic carbocycles. The van der Waals surface area contributed by atoms with E-state index in [-0.39, 0.29) is 9.79 Å². The van der Waals surface area contributed by atoms with E-state index in [1.54, 1.807) is 48.5 Å². The van der Waals surface area contributed by atoms with Crippen molar-refractivity contribution in [3.63, 3.8) is 0 Å². The summed E-state index contributed by atoms with van der Waals surface area (Å²) in [4.78, 5) is 2.66. The molecule has 0 bridgehead atoms. The molecule has 1 atom stereocenters. The lowest BCUT2D eigenvalue weighted by Gasteiger charge is -2.25. The van der Waals surface area contributed by atoms with Gasteiger partial charge in [0.05, 0.1) is 15.9 Å². The second-order valence-electron chi connectivity index (χ2n) is 10.4. The summed E-state index contributed by atoms with van der Waals surface area (Å²) in [6, 6.07) is 40.8. The molecule has 0 aliphatic rings. The standard InChI is InChI=1S/C36H34ClNO4S/c37-32-13-7-12-31(24-32)36(39)26-38(25-29-8-3-1-4-9-29)23-22-28-14-18-34(19-15-28)43(40,41)35-20-16-33(17-21-35)42-27-30-10-5-2-6-11-30/h1-21,24,36,39H,22-23,25-27H2/t36-/m0/s1. The van der Waals surface area contributed by atoms with Crippen molar-refractivity contribution < 1.29 is 18.3 Å². The number of benzene rings is 5. The summed E-state index contributed by atoms with van der Waals surface area (Å²) in [5.41, 5.74) is 3.98. The second kappa shape index (κ2) is 14.5. The normalized spacial score (nSPS) is 12.3. The molecule has 0 heterocycles. The molecule has 0 saturated carbocycles. The Morgan fingerprint density at radius 1 is 0.698 bits per heavy atom. The van der Waals surface area contributed by atoms with Crippen LogP contribution in [-0.2, 0) is 29.4 Å². The van der Waals surface area contributed by atoms with Crippen LogP contribution >= 0.6 is 11.6 Å². The fourth-order valence-corrected chi connectivity index (χ4v) is 6.31. The minimum Gasteiger partial charge on any atom is -0.489 e. The molecule has 0 aliphatic carbocycles. The Bertz CT molecular complexity index is 1690. The first kappa shape index (κ1) is 30.5. The summed E-state index contributed by atoms with van der Waals surface area (Å²) >= 11 is 6.15. The lowest BCUT2D eigenvalue weighted by molar-refractivity contribution is 0.109. The molecule has 0 spiro atoms. The van der Waals surface area contributed by atoms with Crippen LogP contribution in [0, 0.1) is 0 Å². The molecule has 0 amide bonds. The van der Waals surface area contributed by atoms with Gasteiger partial charge in [-0.3, -0.25) is 4.90 Å². The van der Waals surface area contributed by atoms with Crippen LogP contribution in [0.15, 0.2) is 143 Å². The van der Waals surface area contributed by atoms with Gasteiger partial charge in [0.2, 0.25) is 9.84 Å². The summed E-state index contributed by atoms with van der Waals surface area (Å²) in [6.45, 7) is 2.21. The van der Waals surface area contributed by atoms with Crippen molar-refractivity contribution >= 4 is 21.4 Å². The fraction of sp³-hybridized carbons (Fsp3) is 0.167. The summed E-state index contributed by atoms with van der Waals surface area (Å²) in [6.07, 6.45) is 0.00754. The number of rotatable bonds is 13. The minimum absolute atomic E-state index is 0.219. The van der Waals surface area contributed by atoms with E-state index in [2.05, 4.69) is 17.0 Å². The molecule has 1 N–H and O–H groups in total. The van der Waals surface area contributed by atoms with Crippen molar-refractivity contribution in [3.8, 4) is 5.75 Å². The summed E-state index contributed by atoms with van der Waals surface area (Å²) in [5.74, 6) is 0.610. The van der Waals surface area contributed by atoms with E-state index in [1.807, 2.05) is 72.8 Å². The van der Waals surface area contributed by atoms with Crippen molar-refractivity contribution in [1.82, 2.24) is 4.90 Å². The van der Waals surface area contributed by atoms with Crippen LogP contribution in [0.3, 0.4) is 0 Å². The quantitative estimate of drug-likeness (QED) is 0.149. The molecule has 0 saturated heterocycles. The Balaban J connectivity index is 1.22. The summed E-state index contributed by atoms with van der Waals surface area (Å²) in [7, 11) is -3.67. The lowest BCUT2D eigenvalue weighted by Crippen LogP contribution is -2.30. The molecule has 220 valence electrons. The van der Waals surface area contributed by atoms with E-state index in [9.17, 15) is 13.5 Å². The second-order valence-corrected chi connectivity index (χ2v) is 12.8. The van der Waals surface area contributed by atoms with Gasteiger partial charge in [-0.25, -0.2) is 8.42 Å². The molecule has 5 aromatic rings. The van der Waals surface area contributed by atoms with E-state index in [0.717, 1.165) is 22.3 Å². The maximum Gasteiger partial charge on any atom is 0.206 e. The molecule has 0 radical (unpaired) electrons. The molecular formula is C36H34ClNO4S. The first-order valence-corrected chi connectivity index (χ1v) is 16.0. The van der Waals surface area contributed by atoms with Crippen LogP contribution in [0.25, 0.3) is 0 Å². The number of sulfone groups is 1. The Kier molecular flexibility index (Phi) is 10.3. The predicted molar refractivity (Wildman–Crippen MR) is 171 cm³/mol. The molecule has 5 nitrogen and oxygen atoms in total. The molecule has 43 heavy (non-hydrogen) atoms. The van der Waals surface area contributed by atoms with Crippen LogP contribution in [0.1, 0.15) is 28.4 Å². The zero-order valence-electron chi connectivity index (χ0n) is 23.7. The number of hydrogen-bond donors (Lipinski definition) is 1. The highest BCUT2D eigenvalue weighted by Crippen LogP contribution is 2.25. The Morgan fingerprint density at radius 3 is 1.93 bits per heavy atom. The van der Waals surface area contributed by atoms with Crippen molar-refractivity contribution in [2.24, 2.45) is 0 Å². The third kappa shape index (κ3) is 8.55. The summed E-state index contributed by atoms with van der Waals surface area (Å²) in [5, 5.41) is 11.5. The van der Waals surface area contributed by atoms with Crippen LogP contribution in [-0.4, -0.2) is 31.5 Å². The molecule has 5 rings (SSSR count). The maximum absolute atomic E-state index is 13.3. The highest BCUT2D eigenvalue weighted by atomic mass is 35.5. The van der Waals surface area contributed by atoms with Gasteiger partial charge in [0, 0.05) is 24.7 Å². The summed E-state index contributed by atoms with van der Waals surface area (Å²) < 4.78 is 32.4. The first-order chi connectivity index (χ1) is 20.9. The Hall–Kier alpha value is -3.94. The Morgan fingerprint density at radius 2 is 1.30 bits per heavy atom. The van der Waals surface area contributed by atoms with E-state index in [0.29, 0.717) is 43.4 Å². The zero-order valence-corrected chi connectivity index (χ0v) is 25.3. The van der Waals surface area contributed by atoms with Crippen molar-refractivity contribution in [2.75, 3.05) is 13.1 Å². The lowest BCUT2D eigenvalue weighted by atomic mass is 10.1. The highest BCUT2D eigenvalue weighted by Gasteiger charge is 2.19. The van der Waals surface area contributed by atoms with Crippen molar-refractivity contribution in [2.45, 2.75) is 35.5 Å². The zero-order chi connectivity index (χ0) is 30.1. The van der Waals surface area contributed by atoms with Gasteiger partial charge < -0.3 is 9.84 Å².